The van der Waals surface area contributed by atoms with E-state index in [2.05, 4.69) is 15.8 Å². The third-order valence-electron chi connectivity index (χ3n) is 4.63. The number of benzene rings is 2. The molecule has 1 unspecified atom stereocenters. The summed E-state index contributed by atoms with van der Waals surface area (Å²) in [7, 11) is 4.46. The Hall–Kier alpha value is -4.15. The minimum Gasteiger partial charge on any atom is -0.493 e. The van der Waals surface area contributed by atoms with Crippen molar-refractivity contribution in [1.29, 1.82) is 0 Å². The van der Waals surface area contributed by atoms with Gasteiger partial charge in [0.25, 0.3) is 17.5 Å². The highest BCUT2D eigenvalue weighted by atomic mass is 16.6. The smallest absolute Gasteiger partial charge is 0.270 e. The Morgan fingerprint density at radius 2 is 1.70 bits per heavy atom. The number of hydrazone groups is 1. The average molecular weight is 458 g/mol. The third kappa shape index (κ3) is 6.42. The molecule has 2 rings (SSSR count). The molecule has 1 atom stereocenters. The molecule has 0 saturated carbocycles. The maximum absolute atomic E-state index is 12.6. The monoisotopic (exact) mass is 458 g/mol. The van der Waals surface area contributed by atoms with E-state index in [9.17, 15) is 19.7 Å². The maximum atomic E-state index is 12.6. The van der Waals surface area contributed by atoms with Gasteiger partial charge in [-0.25, -0.2) is 5.43 Å². The normalized spacial score (nSPS) is 11.7. The summed E-state index contributed by atoms with van der Waals surface area (Å²) in [5, 5.41) is 17.5. The van der Waals surface area contributed by atoms with E-state index < -0.39 is 22.8 Å². The lowest BCUT2D eigenvalue weighted by Gasteiger charge is -2.20. The van der Waals surface area contributed by atoms with Crippen LogP contribution in [0.2, 0.25) is 0 Å². The summed E-state index contributed by atoms with van der Waals surface area (Å²) in [5.41, 5.74) is 2.83. The van der Waals surface area contributed by atoms with Crippen LogP contribution in [0.25, 0.3) is 0 Å². The molecule has 0 saturated heterocycles. The summed E-state index contributed by atoms with van der Waals surface area (Å²) in [4.78, 5) is 35.5. The van der Waals surface area contributed by atoms with E-state index in [1.54, 1.807) is 26.0 Å². The number of non-ortho nitro benzene ring substituents is 1. The van der Waals surface area contributed by atoms with Crippen molar-refractivity contribution in [3.05, 3.63) is 57.6 Å². The van der Waals surface area contributed by atoms with Gasteiger partial charge >= 0.3 is 0 Å². The van der Waals surface area contributed by atoms with Gasteiger partial charge in [-0.05, 0) is 24.1 Å². The van der Waals surface area contributed by atoms with E-state index in [1.807, 2.05) is 0 Å². The molecule has 176 valence electrons. The highest BCUT2D eigenvalue weighted by Gasteiger charge is 2.25. The fourth-order valence-electron chi connectivity index (χ4n) is 2.94. The van der Waals surface area contributed by atoms with E-state index in [0.717, 1.165) is 6.07 Å². The predicted octanol–water partition coefficient (Wildman–Crippen LogP) is 2.53. The molecular formula is C22H26N4O7. The van der Waals surface area contributed by atoms with Crippen molar-refractivity contribution in [2.24, 2.45) is 11.0 Å². The molecule has 0 bridgehead atoms. The summed E-state index contributed by atoms with van der Waals surface area (Å²) >= 11 is 0. The molecule has 0 fully saturated rings. The van der Waals surface area contributed by atoms with Crippen LogP contribution in [-0.2, 0) is 4.79 Å². The Bertz CT molecular complexity index is 1030. The molecule has 0 spiro atoms. The van der Waals surface area contributed by atoms with Crippen LogP contribution in [0.3, 0.4) is 0 Å². The fourth-order valence-corrected chi connectivity index (χ4v) is 2.94. The second-order valence-electron chi connectivity index (χ2n) is 7.20. The Balaban J connectivity index is 2.13. The number of nitro benzene ring substituents is 1. The van der Waals surface area contributed by atoms with Crippen molar-refractivity contribution in [1.82, 2.24) is 10.7 Å². The predicted molar refractivity (Wildman–Crippen MR) is 121 cm³/mol. The van der Waals surface area contributed by atoms with E-state index in [-0.39, 0.29) is 17.2 Å². The number of rotatable bonds is 10. The van der Waals surface area contributed by atoms with Gasteiger partial charge in [-0.15, -0.1) is 0 Å². The topological polar surface area (TPSA) is 141 Å². The Morgan fingerprint density at radius 1 is 1.06 bits per heavy atom. The van der Waals surface area contributed by atoms with Gasteiger partial charge < -0.3 is 19.5 Å². The number of nitrogens with one attached hydrogen (secondary N) is 2. The quantitative estimate of drug-likeness (QED) is 0.316. The van der Waals surface area contributed by atoms with Crippen LogP contribution in [0.1, 0.15) is 29.8 Å². The molecule has 33 heavy (non-hydrogen) atoms. The number of amides is 2. The first kappa shape index (κ1) is 25.1. The average Bonchev–Trinajstić information content (AvgIpc) is 2.81. The summed E-state index contributed by atoms with van der Waals surface area (Å²) in [6.07, 6.45) is 1.39. The highest BCUT2D eigenvalue weighted by molar-refractivity contribution is 5.98. The summed E-state index contributed by atoms with van der Waals surface area (Å²) in [6.45, 7) is 3.50. The van der Waals surface area contributed by atoms with E-state index in [1.165, 1.54) is 45.7 Å². The van der Waals surface area contributed by atoms with Gasteiger partial charge in [0.05, 0.1) is 32.5 Å². The van der Waals surface area contributed by atoms with Gasteiger partial charge in [-0.2, -0.15) is 5.10 Å². The van der Waals surface area contributed by atoms with Crippen LogP contribution in [0, 0.1) is 16.0 Å². The first-order valence-electron chi connectivity index (χ1n) is 9.90. The summed E-state index contributed by atoms with van der Waals surface area (Å²) in [6, 6.07) is 7.64. The Kier molecular flexibility index (Phi) is 8.72. The van der Waals surface area contributed by atoms with Gasteiger partial charge in [-0.1, -0.05) is 19.9 Å². The van der Waals surface area contributed by atoms with Gasteiger partial charge in [-0.3, -0.25) is 19.7 Å². The lowest BCUT2D eigenvalue weighted by molar-refractivity contribution is -0.384. The van der Waals surface area contributed by atoms with Crippen LogP contribution >= 0.6 is 0 Å². The van der Waals surface area contributed by atoms with Crippen molar-refractivity contribution in [3.8, 4) is 17.2 Å². The van der Waals surface area contributed by atoms with Crippen molar-refractivity contribution >= 4 is 23.7 Å². The zero-order chi connectivity index (χ0) is 24.5. The van der Waals surface area contributed by atoms with Crippen LogP contribution < -0.4 is 25.0 Å². The lowest BCUT2D eigenvalue weighted by atomic mass is 10.0. The standard InChI is InChI=1S/C22H26N4O7/c1-13(2)19(24-21(27)15-7-6-8-16(11-15)26(29)30)22(28)25-23-12-14-9-17(31-3)20(33-5)18(10-14)32-4/h6-13,19H,1-5H3,(H,24,27)(H,25,28). The zero-order valence-electron chi connectivity index (χ0n) is 18.9. The Labute approximate surface area is 190 Å². The third-order valence-corrected chi connectivity index (χ3v) is 4.63. The van der Waals surface area contributed by atoms with Crippen LogP contribution in [0.5, 0.6) is 17.2 Å². The van der Waals surface area contributed by atoms with Crippen LogP contribution in [0.4, 0.5) is 5.69 Å². The Morgan fingerprint density at radius 3 is 2.21 bits per heavy atom. The van der Waals surface area contributed by atoms with Crippen molar-refractivity contribution in [3.63, 3.8) is 0 Å². The first-order valence-corrected chi connectivity index (χ1v) is 9.90. The molecule has 0 aliphatic rings. The number of carbonyl (C=O) groups is 2. The van der Waals surface area contributed by atoms with Crippen LogP contribution in [0.15, 0.2) is 41.5 Å². The number of hydrogen-bond acceptors (Lipinski definition) is 8. The molecule has 11 nitrogen and oxygen atoms in total. The molecule has 0 aliphatic carbocycles. The van der Waals surface area contributed by atoms with Gasteiger partial charge in [0.1, 0.15) is 6.04 Å². The molecule has 2 aromatic carbocycles. The number of nitro groups is 1. The lowest BCUT2D eigenvalue weighted by Crippen LogP contribution is -2.48. The summed E-state index contributed by atoms with van der Waals surface area (Å²) < 4.78 is 15.8. The largest absolute Gasteiger partial charge is 0.493 e. The molecule has 2 N–H and O–H groups in total. The van der Waals surface area contributed by atoms with Gasteiger partial charge in [0.2, 0.25) is 5.75 Å². The molecule has 0 aliphatic heterocycles. The minimum atomic E-state index is -0.922. The number of methoxy groups -OCH3 is 3. The second kappa shape index (κ2) is 11.5. The van der Waals surface area contributed by atoms with Crippen molar-refractivity contribution in [2.45, 2.75) is 19.9 Å². The minimum absolute atomic E-state index is 0.0728. The molecule has 2 aromatic rings. The zero-order valence-corrected chi connectivity index (χ0v) is 18.9. The molecule has 0 heterocycles. The molecular weight excluding hydrogens is 432 g/mol. The molecule has 2 amide bonds. The van der Waals surface area contributed by atoms with Gasteiger partial charge in [0.15, 0.2) is 11.5 Å². The second-order valence-corrected chi connectivity index (χ2v) is 7.20. The fraction of sp³-hybridized carbons (Fsp3) is 0.318. The maximum Gasteiger partial charge on any atom is 0.270 e. The van der Waals surface area contributed by atoms with E-state index in [4.69, 9.17) is 14.2 Å². The number of ether oxygens (including phenoxy) is 3. The molecule has 0 aromatic heterocycles. The number of carbonyl (C=O) groups excluding carboxylic acids is 2. The van der Waals surface area contributed by atoms with Crippen LogP contribution in [-0.4, -0.2) is 50.3 Å². The van der Waals surface area contributed by atoms with Crippen molar-refractivity contribution in [2.75, 3.05) is 21.3 Å². The van der Waals surface area contributed by atoms with E-state index in [0.29, 0.717) is 22.8 Å². The first-order chi connectivity index (χ1) is 15.7. The van der Waals surface area contributed by atoms with Crippen molar-refractivity contribution < 1.29 is 28.7 Å². The number of nitrogens with zero attached hydrogens (tertiary/aromatic N) is 2. The number of hydrogen-bond donors (Lipinski definition) is 2. The SMILES string of the molecule is COc1cc(C=NNC(=O)C(NC(=O)c2cccc([N+](=O)[O-])c2)C(C)C)cc(OC)c1OC. The van der Waals surface area contributed by atoms with E-state index >= 15 is 0 Å². The van der Waals surface area contributed by atoms with Gasteiger partial charge in [0, 0.05) is 23.3 Å². The summed E-state index contributed by atoms with van der Waals surface area (Å²) in [5.74, 6) is -0.162. The molecule has 11 heteroatoms. The highest BCUT2D eigenvalue weighted by Crippen LogP contribution is 2.37. The molecule has 0 radical (unpaired) electrons.